The molecule has 2 aromatic carbocycles. The number of benzene rings is 2. The first-order chi connectivity index (χ1) is 16.7. The zero-order valence-electron chi connectivity index (χ0n) is 19.4. The molecule has 3 aliphatic rings. The number of fused-ring (bicyclic) bond motifs is 2. The molecular formula is C29H30FN3O. The number of nitrogens with one attached hydrogen (secondary N) is 2. The Bertz CT molecular complexity index is 1270. The molecule has 1 aliphatic carbocycles. The van der Waals surface area contributed by atoms with Gasteiger partial charge in [0.1, 0.15) is 5.82 Å². The molecule has 2 aliphatic heterocycles. The molecule has 1 amide bonds. The molecule has 1 atom stereocenters. The number of aryl methyl sites for hydroxylation is 1. The van der Waals surface area contributed by atoms with E-state index in [-0.39, 0.29) is 11.7 Å². The van der Waals surface area contributed by atoms with Crippen LogP contribution in [0.2, 0.25) is 0 Å². The summed E-state index contributed by atoms with van der Waals surface area (Å²) in [5, 5.41) is 2.99. The molecule has 2 N–H and O–H groups in total. The van der Waals surface area contributed by atoms with Gasteiger partial charge in [0.05, 0.1) is 5.57 Å². The molecule has 0 radical (unpaired) electrons. The van der Waals surface area contributed by atoms with Gasteiger partial charge in [-0.05, 0) is 111 Å². The standard InChI is InChI=1S/C29H30FN3O/c30-21-8-3-7-20(16-21)23-9-5-11-27-28(23)25(29(34)32-27)18-22-17-24-19(6-4-10-26(24)31-22)12-15-33-13-1-2-14-33/h3,5,7-9,11,16-19,31H,1-2,4,6,10,12-15H2,(H,32,34). The summed E-state index contributed by atoms with van der Waals surface area (Å²) in [5.74, 6) is 0.187. The number of carbonyl (C=O) groups excluding carboxylic acids is 1. The van der Waals surface area contributed by atoms with Gasteiger partial charge in [-0.1, -0.05) is 24.3 Å². The van der Waals surface area contributed by atoms with Crippen molar-refractivity contribution in [2.45, 2.75) is 44.4 Å². The van der Waals surface area contributed by atoms with Crippen LogP contribution in [0.25, 0.3) is 22.8 Å². The highest BCUT2D eigenvalue weighted by molar-refractivity contribution is 6.36. The van der Waals surface area contributed by atoms with Gasteiger partial charge in [-0.25, -0.2) is 4.39 Å². The van der Waals surface area contributed by atoms with Gasteiger partial charge >= 0.3 is 0 Å². The molecule has 1 aromatic heterocycles. The minimum absolute atomic E-state index is 0.114. The summed E-state index contributed by atoms with van der Waals surface area (Å²) < 4.78 is 13.9. The van der Waals surface area contributed by atoms with Crippen LogP contribution in [0.4, 0.5) is 10.1 Å². The second kappa shape index (κ2) is 8.88. The number of nitrogens with zero attached hydrogens (tertiary/aromatic N) is 1. The predicted octanol–water partition coefficient (Wildman–Crippen LogP) is 6.22. The minimum Gasteiger partial charge on any atom is -0.359 e. The molecule has 0 spiro atoms. The maximum Gasteiger partial charge on any atom is 0.256 e. The van der Waals surface area contributed by atoms with Gasteiger partial charge < -0.3 is 15.2 Å². The summed E-state index contributed by atoms with van der Waals surface area (Å²) in [6.45, 7) is 3.66. The maximum atomic E-state index is 13.9. The SMILES string of the molecule is O=C1Nc2cccc(-c3cccc(F)c3)c2C1=Cc1cc2c([nH]1)CCCC2CCN1CCCC1. The lowest BCUT2D eigenvalue weighted by Gasteiger charge is -2.25. The maximum absolute atomic E-state index is 13.9. The third-order valence-electron chi connectivity index (χ3n) is 7.63. The average Bonchev–Trinajstić information content (AvgIpc) is 3.57. The summed E-state index contributed by atoms with van der Waals surface area (Å²) in [4.78, 5) is 19.2. The van der Waals surface area contributed by atoms with Crippen molar-refractivity contribution < 1.29 is 9.18 Å². The van der Waals surface area contributed by atoms with E-state index in [9.17, 15) is 9.18 Å². The highest BCUT2D eigenvalue weighted by Gasteiger charge is 2.29. The highest BCUT2D eigenvalue weighted by Crippen LogP contribution is 2.41. The monoisotopic (exact) mass is 455 g/mol. The Kier molecular flexibility index (Phi) is 5.58. The number of halogens is 1. The lowest BCUT2D eigenvalue weighted by atomic mass is 9.84. The molecule has 1 fully saturated rings. The van der Waals surface area contributed by atoms with Gasteiger partial charge in [-0.15, -0.1) is 0 Å². The van der Waals surface area contributed by atoms with Gasteiger partial charge in [0.15, 0.2) is 0 Å². The fraction of sp³-hybridized carbons (Fsp3) is 0.345. The third-order valence-corrected chi connectivity index (χ3v) is 7.63. The van der Waals surface area contributed by atoms with Gasteiger partial charge in [0.2, 0.25) is 0 Å². The van der Waals surface area contributed by atoms with E-state index >= 15 is 0 Å². The number of hydrogen-bond donors (Lipinski definition) is 2. The Balaban J connectivity index is 1.33. The van der Waals surface area contributed by atoms with E-state index in [1.807, 2.05) is 30.3 Å². The summed E-state index contributed by atoms with van der Waals surface area (Å²) in [6.07, 6.45) is 9.35. The first-order valence-electron chi connectivity index (χ1n) is 12.5. The molecule has 34 heavy (non-hydrogen) atoms. The quantitative estimate of drug-likeness (QED) is 0.449. The van der Waals surface area contributed by atoms with Crippen molar-refractivity contribution in [3.05, 3.63) is 76.9 Å². The van der Waals surface area contributed by atoms with Crippen LogP contribution < -0.4 is 5.32 Å². The molecule has 0 saturated carbocycles. The topological polar surface area (TPSA) is 48.1 Å². The highest BCUT2D eigenvalue weighted by atomic mass is 19.1. The van der Waals surface area contributed by atoms with E-state index in [0.29, 0.717) is 11.5 Å². The van der Waals surface area contributed by atoms with Crippen LogP contribution in [0.5, 0.6) is 0 Å². The molecule has 1 unspecified atom stereocenters. The molecule has 5 heteroatoms. The molecule has 3 heterocycles. The lowest BCUT2D eigenvalue weighted by Crippen LogP contribution is -2.23. The number of aromatic amines is 1. The average molecular weight is 456 g/mol. The van der Waals surface area contributed by atoms with Gasteiger partial charge in [-0.2, -0.15) is 0 Å². The Morgan fingerprint density at radius 1 is 1.06 bits per heavy atom. The Hall–Kier alpha value is -3.18. The van der Waals surface area contributed by atoms with Crippen LogP contribution in [-0.4, -0.2) is 35.4 Å². The van der Waals surface area contributed by atoms with Crippen molar-refractivity contribution in [1.29, 1.82) is 0 Å². The largest absolute Gasteiger partial charge is 0.359 e. The van der Waals surface area contributed by atoms with E-state index in [1.165, 1.54) is 75.1 Å². The van der Waals surface area contributed by atoms with Gasteiger partial charge in [0.25, 0.3) is 5.91 Å². The first kappa shape index (κ1) is 21.4. The molecule has 3 aromatic rings. The zero-order valence-corrected chi connectivity index (χ0v) is 19.4. The van der Waals surface area contributed by atoms with Crippen molar-refractivity contribution in [3.8, 4) is 11.1 Å². The van der Waals surface area contributed by atoms with Gasteiger partial charge in [0, 0.05) is 22.6 Å². The molecule has 4 nitrogen and oxygen atoms in total. The number of amides is 1. The summed E-state index contributed by atoms with van der Waals surface area (Å²) >= 11 is 0. The number of aromatic nitrogens is 1. The van der Waals surface area contributed by atoms with Crippen molar-refractivity contribution in [2.24, 2.45) is 0 Å². The third kappa shape index (κ3) is 3.98. The second-order valence-corrected chi connectivity index (χ2v) is 9.84. The second-order valence-electron chi connectivity index (χ2n) is 9.84. The van der Waals surface area contributed by atoms with E-state index in [1.54, 1.807) is 6.07 Å². The minimum atomic E-state index is -0.282. The van der Waals surface area contributed by atoms with E-state index in [2.05, 4.69) is 21.3 Å². The number of rotatable bonds is 5. The lowest BCUT2D eigenvalue weighted by molar-refractivity contribution is -0.110. The molecular weight excluding hydrogens is 425 g/mol. The van der Waals surface area contributed by atoms with Crippen molar-refractivity contribution in [2.75, 3.05) is 25.0 Å². The molecule has 174 valence electrons. The molecule has 6 rings (SSSR count). The van der Waals surface area contributed by atoms with Crippen LogP contribution in [0.1, 0.15) is 60.5 Å². The van der Waals surface area contributed by atoms with Crippen LogP contribution in [0.3, 0.4) is 0 Å². The zero-order chi connectivity index (χ0) is 23.1. The predicted molar refractivity (Wildman–Crippen MR) is 135 cm³/mol. The fourth-order valence-electron chi connectivity index (χ4n) is 5.95. The van der Waals surface area contributed by atoms with E-state index < -0.39 is 0 Å². The molecule has 0 bridgehead atoms. The Labute approximate surface area is 199 Å². The normalized spacial score (nSPS) is 21.0. The Morgan fingerprint density at radius 2 is 1.91 bits per heavy atom. The first-order valence-corrected chi connectivity index (χ1v) is 12.5. The van der Waals surface area contributed by atoms with E-state index in [4.69, 9.17) is 0 Å². The summed E-state index contributed by atoms with van der Waals surface area (Å²) in [6, 6.07) is 14.6. The van der Waals surface area contributed by atoms with Crippen LogP contribution >= 0.6 is 0 Å². The molecule has 1 saturated heterocycles. The van der Waals surface area contributed by atoms with Crippen molar-refractivity contribution >= 4 is 23.2 Å². The fourth-order valence-corrected chi connectivity index (χ4v) is 5.95. The van der Waals surface area contributed by atoms with E-state index in [0.717, 1.165) is 34.5 Å². The number of anilines is 1. The summed E-state index contributed by atoms with van der Waals surface area (Å²) in [7, 11) is 0. The van der Waals surface area contributed by atoms with Crippen LogP contribution in [0, 0.1) is 5.82 Å². The summed E-state index contributed by atoms with van der Waals surface area (Å²) in [5.41, 5.74) is 7.60. The van der Waals surface area contributed by atoms with Crippen LogP contribution in [0.15, 0.2) is 48.5 Å². The Morgan fingerprint density at radius 3 is 2.76 bits per heavy atom. The van der Waals surface area contributed by atoms with Crippen LogP contribution in [-0.2, 0) is 11.2 Å². The number of carbonyl (C=O) groups is 1. The van der Waals surface area contributed by atoms with Gasteiger partial charge in [-0.3, -0.25) is 4.79 Å². The number of likely N-dealkylation sites (tertiary alicyclic amines) is 1. The number of hydrogen-bond acceptors (Lipinski definition) is 2. The smallest absolute Gasteiger partial charge is 0.256 e. The van der Waals surface area contributed by atoms with Crippen molar-refractivity contribution in [3.63, 3.8) is 0 Å². The van der Waals surface area contributed by atoms with Crippen molar-refractivity contribution in [1.82, 2.24) is 9.88 Å². The number of H-pyrrole nitrogens is 1.